The van der Waals surface area contributed by atoms with Gasteiger partial charge in [-0.25, -0.2) is 4.79 Å². The Labute approximate surface area is 146 Å². The lowest BCUT2D eigenvalue weighted by Gasteiger charge is -2.08. The van der Waals surface area contributed by atoms with Gasteiger partial charge in [0.05, 0.1) is 28.2 Å². The van der Waals surface area contributed by atoms with Gasteiger partial charge in [-0.05, 0) is 24.3 Å². The Balaban J connectivity index is 2.36. The van der Waals surface area contributed by atoms with Gasteiger partial charge in [0.1, 0.15) is 6.07 Å². The van der Waals surface area contributed by atoms with Crippen molar-refractivity contribution in [1.82, 2.24) is 0 Å². The summed E-state index contributed by atoms with van der Waals surface area (Å²) in [7, 11) is 1.12. The molecular weight excluding hydrogens is 350 g/mol. The molecule has 0 aliphatic heterocycles. The summed E-state index contributed by atoms with van der Waals surface area (Å²) in [6, 6.07) is 9.37. The van der Waals surface area contributed by atoms with Gasteiger partial charge in [0.25, 0.3) is 11.6 Å². The Kier molecular flexibility index (Phi) is 5.31. The molecule has 0 saturated carbocycles. The van der Waals surface area contributed by atoms with Gasteiger partial charge in [-0.2, -0.15) is 5.26 Å². The molecule has 0 spiro atoms. The van der Waals surface area contributed by atoms with Crippen LogP contribution in [0.2, 0.25) is 5.02 Å². The number of halogens is 1. The van der Waals surface area contributed by atoms with E-state index in [0.717, 1.165) is 19.2 Å². The average molecular weight is 360 g/mol. The number of nitriles is 1. The maximum absolute atomic E-state index is 12.3. The second-order valence-electron chi connectivity index (χ2n) is 4.78. The minimum atomic E-state index is -0.806. The number of rotatable bonds is 4. The molecule has 126 valence electrons. The van der Waals surface area contributed by atoms with E-state index in [0.29, 0.717) is 5.69 Å². The van der Waals surface area contributed by atoms with Gasteiger partial charge in [0, 0.05) is 23.4 Å². The third kappa shape index (κ3) is 4.10. The number of amides is 1. The molecule has 1 amide bonds. The van der Waals surface area contributed by atoms with E-state index in [4.69, 9.17) is 16.9 Å². The second kappa shape index (κ2) is 7.42. The molecule has 0 heterocycles. The molecule has 2 aromatic rings. The number of nitrogens with zero attached hydrogens (tertiary/aromatic N) is 2. The first-order valence-corrected chi connectivity index (χ1v) is 7.12. The maximum atomic E-state index is 12.3. The van der Waals surface area contributed by atoms with Crippen LogP contribution in [0.25, 0.3) is 0 Å². The van der Waals surface area contributed by atoms with E-state index >= 15 is 0 Å². The number of nitro benzene ring substituents is 1. The predicted molar refractivity (Wildman–Crippen MR) is 88.6 cm³/mol. The summed E-state index contributed by atoms with van der Waals surface area (Å²) >= 11 is 5.89. The summed E-state index contributed by atoms with van der Waals surface area (Å²) in [4.78, 5) is 34.2. The fourth-order valence-corrected chi connectivity index (χ4v) is 2.19. The van der Waals surface area contributed by atoms with Crippen molar-refractivity contribution in [3.8, 4) is 6.07 Å². The van der Waals surface area contributed by atoms with Crippen molar-refractivity contribution in [1.29, 1.82) is 5.26 Å². The van der Waals surface area contributed by atoms with Gasteiger partial charge in [-0.15, -0.1) is 0 Å². The largest absolute Gasteiger partial charge is 0.465 e. The standard InChI is InChI=1S/C16H10ClN3O5/c1-25-16(22)11-4-10(5-13(6-11)20(23)24)15(21)19-12-3-2-9(8-18)14(17)7-12/h2-7H,1H3,(H,19,21). The molecule has 8 nitrogen and oxygen atoms in total. The molecular formula is C16H10ClN3O5. The number of hydrogen-bond acceptors (Lipinski definition) is 6. The summed E-state index contributed by atoms with van der Waals surface area (Å²) in [5.74, 6) is -1.49. The van der Waals surface area contributed by atoms with Crippen molar-refractivity contribution in [2.45, 2.75) is 0 Å². The van der Waals surface area contributed by atoms with E-state index in [-0.39, 0.29) is 21.7 Å². The highest BCUT2D eigenvalue weighted by atomic mass is 35.5. The number of nitrogens with one attached hydrogen (secondary N) is 1. The lowest BCUT2D eigenvalue weighted by atomic mass is 10.1. The number of anilines is 1. The van der Waals surface area contributed by atoms with Crippen LogP contribution < -0.4 is 5.32 Å². The molecule has 0 aliphatic carbocycles. The summed E-state index contributed by atoms with van der Waals surface area (Å²) in [6.07, 6.45) is 0. The number of methoxy groups -OCH3 is 1. The Morgan fingerprint density at radius 3 is 2.48 bits per heavy atom. The van der Waals surface area contributed by atoms with Crippen LogP contribution in [0.5, 0.6) is 0 Å². The van der Waals surface area contributed by atoms with Gasteiger partial charge in [0.15, 0.2) is 0 Å². The number of non-ortho nitro benzene ring substituents is 1. The molecule has 0 aromatic heterocycles. The minimum Gasteiger partial charge on any atom is -0.465 e. The van der Waals surface area contributed by atoms with E-state index < -0.39 is 22.5 Å². The van der Waals surface area contributed by atoms with E-state index in [9.17, 15) is 19.7 Å². The van der Waals surface area contributed by atoms with Crippen molar-refractivity contribution in [2.24, 2.45) is 0 Å². The molecule has 25 heavy (non-hydrogen) atoms. The van der Waals surface area contributed by atoms with Gasteiger partial charge < -0.3 is 10.1 Å². The van der Waals surface area contributed by atoms with Crippen LogP contribution in [0.15, 0.2) is 36.4 Å². The second-order valence-corrected chi connectivity index (χ2v) is 5.19. The van der Waals surface area contributed by atoms with Gasteiger partial charge >= 0.3 is 5.97 Å². The molecule has 0 atom stereocenters. The molecule has 0 aliphatic rings. The van der Waals surface area contributed by atoms with E-state index in [1.807, 2.05) is 6.07 Å². The van der Waals surface area contributed by atoms with Gasteiger partial charge in [0.2, 0.25) is 0 Å². The first-order valence-electron chi connectivity index (χ1n) is 6.74. The number of esters is 1. The quantitative estimate of drug-likeness (QED) is 0.508. The number of benzene rings is 2. The van der Waals surface area contributed by atoms with Crippen LogP contribution in [-0.2, 0) is 4.74 Å². The highest BCUT2D eigenvalue weighted by Crippen LogP contribution is 2.22. The zero-order chi connectivity index (χ0) is 18.6. The summed E-state index contributed by atoms with van der Waals surface area (Å²) in [6.45, 7) is 0. The Bertz CT molecular complexity index is 920. The van der Waals surface area contributed by atoms with Crippen molar-refractivity contribution >= 4 is 34.9 Å². The minimum absolute atomic E-state index is 0.102. The topological polar surface area (TPSA) is 122 Å². The van der Waals surface area contributed by atoms with Crippen molar-refractivity contribution in [2.75, 3.05) is 12.4 Å². The van der Waals surface area contributed by atoms with E-state index in [1.54, 1.807) is 0 Å². The Morgan fingerprint density at radius 1 is 1.24 bits per heavy atom. The van der Waals surface area contributed by atoms with Crippen LogP contribution >= 0.6 is 11.6 Å². The monoisotopic (exact) mass is 359 g/mol. The first kappa shape index (κ1) is 17.9. The third-order valence-electron chi connectivity index (χ3n) is 3.16. The lowest BCUT2D eigenvalue weighted by molar-refractivity contribution is -0.384. The zero-order valence-corrected chi connectivity index (χ0v) is 13.5. The smallest absolute Gasteiger partial charge is 0.338 e. The van der Waals surface area contributed by atoms with E-state index in [1.165, 1.54) is 24.3 Å². The Morgan fingerprint density at radius 2 is 1.92 bits per heavy atom. The van der Waals surface area contributed by atoms with Crippen LogP contribution in [0.3, 0.4) is 0 Å². The number of carbonyl (C=O) groups excluding carboxylic acids is 2. The van der Waals surface area contributed by atoms with Crippen LogP contribution in [0, 0.1) is 21.4 Å². The molecule has 0 unspecified atom stereocenters. The van der Waals surface area contributed by atoms with Crippen LogP contribution in [0.1, 0.15) is 26.3 Å². The van der Waals surface area contributed by atoms with Gasteiger partial charge in [-0.3, -0.25) is 14.9 Å². The summed E-state index contributed by atoms with van der Waals surface area (Å²) in [5, 5.41) is 22.5. The van der Waals surface area contributed by atoms with Crippen LogP contribution in [0.4, 0.5) is 11.4 Å². The van der Waals surface area contributed by atoms with Crippen molar-refractivity contribution in [3.05, 3.63) is 68.2 Å². The highest BCUT2D eigenvalue weighted by Gasteiger charge is 2.18. The molecule has 0 fully saturated rings. The fourth-order valence-electron chi connectivity index (χ4n) is 1.97. The Hall–Kier alpha value is -3.44. The van der Waals surface area contributed by atoms with Crippen molar-refractivity contribution in [3.63, 3.8) is 0 Å². The van der Waals surface area contributed by atoms with E-state index in [2.05, 4.69) is 10.1 Å². The SMILES string of the molecule is COC(=O)c1cc(C(=O)Nc2ccc(C#N)c(Cl)c2)cc([N+](=O)[O-])c1. The number of hydrogen-bond donors (Lipinski definition) is 1. The molecule has 0 bridgehead atoms. The molecule has 2 rings (SSSR count). The molecule has 2 aromatic carbocycles. The molecule has 1 N–H and O–H groups in total. The predicted octanol–water partition coefficient (Wildman–Crippen LogP) is 3.16. The summed E-state index contributed by atoms with van der Waals surface area (Å²) in [5.41, 5.74) is -0.121. The third-order valence-corrected chi connectivity index (χ3v) is 3.47. The normalized spacial score (nSPS) is 9.80. The summed E-state index contributed by atoms with van der Waals surface area (Å²) < 4.78 is 4.52. The zero-order valence-electron chi connectivity index (χ0n) is 12.8. The molecule has 0 radical (unpaired) electrons. The van der Waals surface area contributed by atoms with Gasteiger partial charge in [-0.1, -0.05) is 11.6 Å². The highest BCUT2D eigenvalue weighted by molar-refractivity contribution is 6.32. The number of ether oxygens (including phenoxy) is 1. The first-order chi connectivity index (χ1) is 11.8. The number of carbonyl (C=O) groups is 2. The molecule has 0 saturated heterocycles. The lowest BCUT2D eigenvalue weighted by Crippen LogP contribution is -2.14. The maximum Gasteiger partial charge on any atom is 0.338 e. The molecule has 9 heteroatoms. The average Bonchev–Trinajstić information content (AvgIpc) is 2.60. The van der Waals surface area contributed by atoms with Crippen molar-refractivity contribution < 1.29 is 19.2 Å². The fraction of sp³-hybridized carbons (Fsp3) is 0.0625. The number of nitro groups is 1. The van der Waals surface area contributed by atoms with Crippen LogP contribution in [-0.4, -0.2) is 23.9 Å².